The molecule has 2 atom stereocenters. The lowest BCUT2D eigenvalue weighted by Crippen LogP contribution is -2.39. The van der Waals surface area contributed by atoms with Crippen LogP contribution in [0.1, 0.15) is 16.8 Å². The van der Waals surface area contributed by atoms with Crippen molar-refractivity contribution in [3.63, 3.8) is 0 Å². The van der Waals surface area contributed by atoms with E-state index in [2.05, 4.69) is 5.32 Å². The molecule has 1 amide bonds. The van der Waals surface area contributed by atoms with Gasteiger partial charge >= 0.3 is 0 Å². The summed E-state index contributed by atoms with van der Waals surface area (Å²) in [5, 5.41) is 13.6. The van der Waals surface area contributed by atoms with Crippen LogP contribution in [-0.4, -0.2) is 41.6 Å². The molecule has 1 aromatic rings. The van der Waals surface area contributed by atoms with Crippen LogP contribution < -0.4 is 5.32 Å². The highest BCUT2D eigenvalue weighted by Crippen LogP contribution is 2.31. The van der Waals surface area contributed by atoms with Crippen LogP contribution in [0.15, 0.2) is 18.2 Å². The average molecular weight is 267 g/mol. The van der Waals surface area contributed by atoms with Crippen molar-refractivity contribution in [3.05, 3.63) is 28.8 Å². The Morgan fingerprint density at radius 3 is 3.06 bits per heavy atom. The fraction of sp³-hybridized carbons (Fsp3) is 0.462. The van der Waals surface area contributed by atoms with Gasteiger partial charge in [0.05, 0.1) is 5.56 Å². The van der Waals surface area contributed by atoms with E-state index >= 15 is 0 Å². The molecule has 2 heterocycles. The topological polar surface area (TPSA) is 52.6 Å². The summed E-state index contributed by atoms with van der Waals surface area (Å²) in [6.45, 7) is 2.61. The van der Waals surface area contributed by atoms with Gasteiger partial charge in [0, 0.05) is 30.7 Å². The van der Waals surface area contributed by atoms with E-state index in [1.54, 1.807) is 12.1 Å². The number of amides is 1. The van der Waals surface area contributed by atoms with E-state index < -0.39 is 0 Å². The maximum absolute atomic E-state index is 12.4. The van der Waals surface area contributed by atoms with Gasteiger partial charge in [-0.05, 0) is 30.5 Å². The van der Waals surface area contributed by atoms with Crippen LogP contribution in [0, 0.1) is 5.92 Å². The molecule has 3 rings (SSSR count). The van der Waals surface area contributed by atoms with E-state index in [1.807, 2.05) is 4.90 Å². The monoisotopic (exact) mass is 266 g/mol. The SMILES string of the molecule is O=C(c1ccc(Cl)cc1O)N1CC[C@H]2CNC[C@H]21. The molecular formula is C13H15ClN2O2. The van der Waals surface area contributed by atoms with Gasteiger partial charge in [-0.2, -0.15) is 0 Å². The van der Waals surface area contributed by atoms with Crippen molar-refractivity contribution in [3.8, 4) is 5.75 Å². The lowest BCUT2D eigenvalue weighted by atomic mass is 10.0. The highest BCUT2D eigenvalue weighted by Gasteiger charge is 2.40. The van der Waals surface area contributed by atoms with Gasteiger partial charge in [-0.25, -0.2) is 0 Å². The van der Waals surface area contributed by atoms with Gasteiger partial charge in [0.25, 0.3) is 5.91 Å². The standard InChI is InChI=1S/C13H15ClN2O2/c14-9-1-2-10(12(17)5-9)13(18)16-4-3-8-6-15-7-11(8)16/h1-2,5,8,11,15,17H,3-4,6-7H2/t8-,11+/m0/s1. The molecule has 2 saturated heterocycles. The Hall–Kier alpha value is -1.26. The Labute approximate surface area is 111 Å². The predicted molar refractivity (Wildman–Crippen MR) is 68.9 cm³/mol. The fourth-order valence-corrected chi connectivity index (χ4v) is 3.11. The molecule has 5 heteroatoms. The largest absolute Gasteiger partial charge is 0.507 e. The number of likely N-dealkylation sites (tertiary alicyclic amines) is 1. The van der Waals surface area contributed by atoms with Crippen molar-refractivity contribution in [2.75, 3.05) is 19.6 Å². The number of nitrogens with one attached hydrogen (secondary N) is 1. The first-order valence-corrected chi connectivity index (χ1v) is 6.55. The Bertz CT molecular complexity index is 492. The van der Waals surface area contributed by atoms with Crippen LogP contribution in [-0.2, 0) is 0 Å². The number of fused-ring (bicyclic) bond motifs is 1. The number of rotatable bonds is 1. The van der Waals surface area contributed by atoms with Gasteiger partial charge in [-0.1, -0.05) is 11.6 Å². The van der Waals surface area contributed by atoms with Gasteiger partial charge in [-0.15, -0.1) is 0 Å². The molecule has 0 aliphatic carbocycles. The number of carbonyl (C=O) groups excluding carboxylic acids is 1. The quantitative estimate of drug-likeness (QED) is 0.810. The predicted octanol–water partition coefficient (Wildman–Crippen LogP) is 1.48. The fourth-order valence-electron chi connectivity index (χ4n) is 2.94. The molecule has 0 unspecified atom stereocenters. The first kappa shape index (κ1) is 11.8. The van der Waals surface area contributed by atoms with E-state index in [0.717, 1.165) is 26.1 Å². The Balaban J connectivity index is 1.86. The number of phenols is 1. The normalized spacial score (nSPS) is 26.4. The van der Waals surface area contributed by atoms with Crippen molar-refractivity contribution in [1.29, 1.82) is 0 Å². The summed E-state index contributed by atoms with van der Waals surface area (Å²) in [6.07, 6.45) is 1.04. The highest BCUT2D eigenvalue weighted by atomic mass is 35.5. The Morgan fingerprint density at radius 1 is 1.44 bits per heavy atom. The van der Waals surface area contributed by atoms with Crippen LogP contribution in [0.2, 0.25) is 5.02 Å². The minimum absolute atomic E-state index is 0.0399. The zero-order valence-electron chi connectivity index (χ0n) is 9.90. The third-order valence-corrected chi connectivity index (χ3v) is 4.13. The molecule has 0 radical (unpaired) electrons. The zero-order chi connectivity index (χ0) is 12.7. The third kappa shape index (κ3) is 1.85. The Morgan fingerprint density at radius 2 is 2.28 bits per heavy atom. The average Bonchev–Trinajstić information content (AvgIpc) is 2.89. The maximum atomic E-state index is 12.4. The molecule has 2 aliphatic heterocycles. The van der Waals surface area contributed by atoms with Crippen molar-refractivity contribution in [2.45, 2.75) is 12.5 Å². The highest BCUT2D eigenvalue weighted by molar-refractivity contribution is 6.30. The second kappa shape index (κ2) is 4.44. The molecule has 0 spiro atoms. The number of carbonyl (C=O) groups is 1. The molecule has 0 aromatic heterocycles. The second-order valence-electron chi connectivity index (χ2n) is 4.93. The Kier molecular flexibility index (Phi) is 2.92. The van der Waals surface area contributed by atoms with Crippen LogP contribution >= 0.6 is 11.6 Å². The van der Waals surface area contributed by atoms with Crippen LogP contribution in [0.5, 0.6) is 5.75 Å². The van der Waals surface area contributed by atoms with Crippen molar-refractivity contribution in [1.82, 2.24) is 10.2 Å². The van der Waals surface area contributed by atoms with Gasteiger partial charge in [-0.3, -0.25) is 4.79 Å². The van der Waals surface area contributed by atoms with Crippen molar-refractivity contribution < 1.29 is 9.90 Å². The number of hydrogen-bond acceptors (Lipinski definition) is 3. The van der Waals surface area contributed by atoms with Crippen LogP contribution in [0.25, 0.3) is 0 Å². The van der Waals surface area contributed by atoms with E-state index in [4.69, 9.17) is 11.6 Å². The van der Waals surface area contributed by atoms with Crippen molar-refractivity contribution in [2.24, 2.45) is 5.92 Å². The number of halogens is 1. The summed E-state index contributed by atoms with van der Waals surface area (Å²) >= 11 is 5.78. The number of hydrogen-bond donors (Lipinski definition) is 2. The van der Waals surface area contributed by atoms with E-state index in [-0.39, 0.29) is 17.7 Å². The number of phenolic OH excluding ortho intramolecular Hbond substituents is 1. The van der Waals surface area contributed by atoms with Crippen LogP contribution in [0.4, 0.5) is 0 Å². The number of benzene rings is 1. The van der Waals surface area contributed by atoms with E-state index in [0.29, 0.717) is 16.5 Å². The first-order valence-electron chi connectivity index (χ1n) is 6.17. The first-order chi connectivity index (χ1) is 8.66. The molecule has 2 aliphatic rings. The van der Waals surface area contributed by atoms with Gasteiger partial charge in [0.2, 0.25) is 0 Å². The summed E-state index contributed by atoms with van der Waals surface area (Å²) < 4.78 is 0. The van der Waals surface area contributed by atoms with Gasteiger partial charge < -0.3 is 15.3 Å². The summed E-state index contributed by atoms with van der Waals surface area (Å²) in [4.78, 5) is 14.3. The van der Waals surface area contributed by atoms with Gasteiger partial charge in [0.15, 0.2) is 0 Å². The molecule has 0 saturated carbocycles. The lowest BCUT2D eigenvalue weighted by Gasteiger charge is -2.23. The smallest absolute Gasteiger partial charge is 0.257 e. The summed E-state index contributed by atoms with van der Waals surface area (Å²) in [5.41, 5.74) is 0.340. The number of aromatic hydroxyl groups is 1. The van der Waals surface area contributed by atoms with Crippen LogP contribution in [0.3, 0.4) is 0 Å². The van der Waals surface area contributed by atoms with Gasteiger partial charge in [0.1, 0.15) is 5.75 Å². The lowest BCUT2D eigenvalue weighted by molar-refractivity contribution is 0.0734. The number of nitrogens with zero attached hydrogens (tertiary/aromatic N) is 1. The van der Waals surface area contributed by atoms with Crippen molar-refractivity contribution >= 4 is 17.5 Å². The molecule has 2 fully saturated rings. The molecular weight excluding hydrogens is 252 g/mol. The second-order valence-corrected chi connectivity index (χ2v) is 5.37. The molecule has 1 aromatic carbocycles. The van der Waals surface area contributed by atoms with E-state index in [9.17, 15) is 9.90 Å². The summed E-state index contributed by atoms with van der Waals surface area (Å²) in [5.74, 6) is 0.422. The third-order valence-electron chi connectivity index (χ3n) is 3.90. The minimum atomic E-state index is -0.0969. The van der Waals surface area contributed by atoms with E-state index in [1.165, 1.54) is 6.07 Å². The summed E-state index contributed by atoms with van der Waals surface area (Å²) in [6, 6.07) is 4.91. The maximum Gasteiger partial charge on any atom is 0.257 e. The molecule has 18 heavy (non-hydrogen) atoms. The zero-order valence-corrected chi connectivity index (χ0v) is 10.7. The minimum Gasteiger partial charge on any atom is -0.507 e. The molecule has 4 nitrogen and oxygen atoms in total. The summed E-state index contributed by atoms with van der Waals surface area (Å²) in [7, 11) is 0. The molecule has 0 bridgehead atoms. The molecule has 2 N–H and O–H groups in total. The molecule has 96 valence electrons.